The minimum absolute atomic E-state index is 0.133. The number of carbonyl (C=O) groups is 1. The second kappa shape index (κ2) is 5.57. The molecule has 2 heterocycles. The summed E-state index contributed by atoms with van der Waals surface area (Å²) in [5.74, 6) is -0.925. The van der Waals surface area contributed by atoms with Crippen LogP contribution in [0.5, 0.6) is 0 Å². The smallest absolute Gasteiger partial charge is 0.331 e. The van der Waals surface area contributed by atoms with E-state index in [2.05, 4.69) is 6.58 Å². The minimum Gasteiger partial charge on any atom is -0.478 e. The fourth-order valence-electron chi connectivity index (χ4n) is 0.775. The van der Waals surface area contributed by atoms with E-state index in [1.54, 1.807) is 11.3 Å². The Kier molecular flexibility index (Phi) is 4.35. The SMILES string of the molecule is C=C(CC1CO1)C(=O)O.c1ccsc1. The van der Waals surface area contributed by atoms with Crippen LogP contribution in [0, 0.1) is 0 Å². The van der Waals surface area contributed by atoms with Crippen molar-refractivity contribution in [3.8, 4) is 0 Å². The Morgan fingerprint density at radius 2 is 2.14 bits per heavy atom. The van der Waals surface area contributed by atoms with Crippen LogP contribution in [0.1, 0.15) is 6.42 Å². The molecule has 0 saturated carbocycles. The Balaban J connectivity index is 0.000000165. The summed E-state index contributed by atoms with van der Waals surface area (Å²) in [6.07, 6.45) is 0.601. The van der Waals surface area contributed by atoms with Crippen molar-refractivity contribution in [1.29, 1.82) is 0 Å². The molecule has 1 aromatic rings. The zero-order valence-corrected chi connectivity index (χ0v) is 8.50. The van der Waals surface area contributed by atoms with Gasteiger partial charge in [0, 0.05) is 12.0 Å². The van der Waals surface area contributed by atoms with Crippen molar-refractivity contribution in [3.05, 3.63) is 35.0 Å². The van der Waals surface area contributed by atoms with Crippen LogP contribution in [0.4, 0.5) is 0 Å². The lowest BCUT2D eigenvalue weighted by Crippen LogP contribution is -2.01. The summed E-state index contributed by atoms with van der Waals surface area (Å²) in [7, 11) is 0. The van der Waals surface area contributed by atoms with Crippen molar-refractivity contribution in [3.63, 3.8) is 0 Å². The molecular weight excluding hydrogens is 200 g/mol. The van der Waals surface area contributed by atoms with Crippen LogP contribution >= 0.6 is 11.3 Å². The number of hydrogen-bond donors (Lipinski definition) is 1. The summed E-state index contributed by atoms with van der Waals surface area (Å²) in [6, 6.07) is 4.04. The van der Waals surface area contributed by atoms with Gasteiger partial charge < -0.3 is 9.84 Å². The summed E-state index contributed by atoms with van der Waals surface area (Å²) in [6.45, 7) is 4.04. The number of epoxide rings is 1. The second-order valence-electron chi connectivity index (χ2n) is 2.86. The van der Waals surface area contributed by atoms with Gasteiger partial charge in [-0.05, 0) is 10.8 Å². The number of ether oxygens (including phenoxy) is 1. The van der Waals surface area contributed by atoms with Crippen LogP contribution in [-0.2, 0) is 9.53 Å². The van der Waals surface area contributed by atoms with Gasteiger partial charge in [-0.15, -0.1) is 0 Å². The molecule has 0 amide bonds. The molecule has 1 aromatic heterocycles. The lowest BCUT2D eigenvalue weighted by Gasteiger charge is -1.92. The van der Waals surface area contributed by atoms with Crippen LogP contribution in [0.25, 0.3) is 0 Å². The van der Waals surface area contributed by atoms with Gasteiger partial charge in [0.05, 0.1) is 12.7 Å². The van der Waals surface area contributed by atoms with E-state index in [4.69, 9.17) is 9.84 Å². The molecule has 1 aliphatic heterocycles. The topological polar surface area (TPSA) is 49.8 Å². The quantitative estimate of drug-likeness (QED) is 0.617. The molecule has 2 rings (SSSR count). The van der Waals surface area contributed by atoms with Crippen molar-refractivity contribution in [2.24, 2.45) is 0 Å². The van der Waals surface area contributed by atoms with E-state index >= 15 is 0 Å². The lowest BCUT2D eigenvalue weighted by atomic mass is 10.2. The molecule has 4 heteroatoms. The molecule has 1 unspecified atom stereocenters. The Morgan fingerprint density at radius 3 is 2.43 bits per heavy atom. The highest BCUT2D eigenvalue weighted by molar-refractivity contribution is 7.07. The molecule has 0 aromatic carbocycles. The molecule has 1 fully saturated rings. The number of rotatable bonds is 3. The number of carboxylic acid groups (broad SMARTS) is 1. The van der Waals surface area contributed by atoms with Crippen molar-refractivity contribution >= 4 is 17.3 Å². The molecule has 0 bridgehead atoms. The Morgan fingerprint density at radius 1 is 1.57 bits per heavy atom. The Hall–Kier alpha value is -1.13. The second-order valence-corrected chi connectivity index (χ2v) is 3.68. The molecule has 76 valence electrons. The van der Waals surface area contributed by atoms with Crippen molar-refractivity contribution in [2.45, 2.75) is 12.5 Å². The zero-order chi connectivity index (χ0) is 10.4. The molecule has 14 heavy (non-hydrogen) atoms. The van der Waals surface area contributed by atoms with Gasteiger partial charge in [-0.25, -0.2) is 4.79 Å². The van der Waals surface area contributed by atoms with Gasteiger partial charge in [0.15, 0.2) is 0 Å². The van der Waals surface area contributed by atoms with Gasteiger partial charge in [0.2, 0.25) is 0 Å². The first kappa shape index (κ1) is 10.9. The van der Waals surface area contributed by atoms with Crippen LogP contribution in [0.2, 0.25) is 0 Å². The van der Waals surface area contributed by atoms with Crippen molar-refractivity contribution in [1.82, 2.24) is 0 Å². The maximum atomic E-state index is 10.1. The molecule has 0 spiro atoms. The van der Waals surface area contributed by atoms with Crippen LogP contribution in [-0.4, -0.2) is 23.8 Å². The van der Waals surface area contributed by atoms with E-state index in [-0.39, 0.29) is 11.7 Å². The highest BCUT2D eigenvalue weighted by atomic mass is 32.1. The lowest BCUT2D eigenvalue weighted by molar-refractivity contribution is -0.132. The van der Waals surface area contributed by atoms with Gasteiger partial charge in [-0.2, -0.15) is 11.3 Å². The Bertz CT molecular complexity index is 271. The fraction of sp³-hybridized carbons (Fsp3) is 0.300. The van der Waals surface area contributed by atoms with Gasteiger partial charge >= 0.3 is 5.97 Å². The maximum absolute atomic E-state index is 10.1. The van der Waals surface area contributed by atoms with Gasteiger partial charge in [0.25, 0.3) is 0 Å². The predicted octanol–water partition coefficient (Wildman–Crippen LogP) is 2.16. The fourth-order valence-corrected chi connectivity index (χ4v) is 1.23. The standard InChI is InChI=1S/C6H8O3.C4H4S/c1-4(6(7)8)2-5-3-9-5;1-2-4-5-3-1/h5H,1-3H2,(H,7,8);1-4H. The minimum atomic E-state index is -0.925. The number of aliphatic carboxylic acids is 1. The molecule has 1 aliphatic rings. The maximum Gasteiger partial charge on any atom is 0.331 e. The summed E-state index contributed by atoms with van der Waals surface area (Å²) >= 11 is 1.71. The highest BCUT2D eigenvalue weighted by Crippen LogP contribution is 2.17. The van der Waals surface area contributed by atoms with Crippen molar-refractivity contribution in [2.75, 3.05) is 6.61 Å². The molecule has 1 N–H and O–H groups in total. The third kappa shape index (κ3) is 4.79. The van der Waals surface area contributed by atoms with E-state index < -0.39 is 5.97 Å². The first-order valence-electron chi connectivity index (χ1n) is 4.20. The normalized spacial score (nSPS) is 17.9. The zero-order valence-electron chi connectivity index (χ0n) is 7.68. The van der Waals surface area contributed by atoms with E-state index in [0.29, 0.717) is 13.0 Å². The van der Waals surface area contributed by atoms with Gasteiger partial charge in [0.1, 0.15) is 0 Å². The van der Waals surface area contributed by atoms with Crippen molar-refractivity contribution < 1.29 is 14.6 Å². The van der Waals surface area contributed by atoms with Gasteiger partial charge in [-0.1, -0.05) is 18.7 Å². The van der Waals surface area contributed by atoms with E-state index in [9.17, 15) is 4.79 Å². The summed E-state index contributed by atoms with van der Waals surface area (Å²) in [5, 5.41) is 12.4. The summed E-state index contributed by atoms with van der Waals surface area (Å²) in [4.78, 5) is 10.1. The average molecular weight is 212 g/mol. The highest BCUT2D eigenvalue weighted by Gasteiger charge is 2.24. The third-order valence-electron chi connectivity index (χ3n) is 1.60. The molecule has 0 radical (unpaired) electrons. The largest absolute Gasteiger partial charge is 0.478 e. The van der Waals surface area contributed by atoms with Crippen LogP contribution < -0.4 is 0 Å². The van der Waals surface area contributed by atoms with Gasteiger partial charge in [-0.3, -0.25) is 0 Å². The van der Waals surface area contributed by atoms with Crippen LogP contribution in [0.15, 0.2) is 35.0 Å². The molecule has 1 saturated heterocycles. The first-order valence-corrected chi connectivity index (χ1v) is 5.14. The molecule has 3 nitrogen and oxygen atoms in total. The average Bonchev–Trinajstić information content (AvgIpc) is 2.77. The molecular formula is C10H12O3S. The van der Waals surface area contributed by atoms with Crippen LogP contribution in [0.3, 0.4) is 0 Å². The number of hydrogen-bond acceptors (Lipinski definition) is 3. The number of thiophene rings is 1. The Labute approximate surface area is 86.6 Å². The van der Waals surface area contributed by atoms with E-state index in [0.717, 1.165) is 0 Å². The molecule has 1 atom stereocenters. The van der Waals surface area contributed by atoms with E-state index in [1.807, 2.05) is 22.9 Å². The first-order chi connectivity index (χ1) is 6.70. The third-order valence-corrected chi connectivity index (χ3v) is 2.23. The molecule has 0 aliphatic carbocycles. The summed E-state index contributed by atoms with van der Waals surface area (Å²) in [5.41, 5.74) is 0.234. The summed E-state index contributed by atoms with van der Waals surface area (Å²) < 4.78 is 4.81. The van der Waals surface area contributed by atoms with E-state index in [1.165, 1.54) is 0 Å². The number of carboxylic acids is 1. The monoisotopic (exact) mass is 212 g/mol. The predicted molar refractivity (Wildman–Crippen MR) is 55.5 cm³/mol.